The number of carbonyl (C=O) groups is 2. The highest BCUT2D eigenvalue weighted by Crippen LogP contribution is 2.59. The maximum atomic E-state index is 13.1. The molecule has 1 aromatic carbocycles. The number of carbonyl (C=O) groups excluding carboxylic acids is 2. The second-order valence-electron chi connectivity index (χ2n) is 10.0. The number of primary amides is 1. The number of ether oxygens (including phenoxy) is 1. The number of nitrogens with one attached hydrogen (secondary N) is 1. The first-order valence-electron chi connectivity index (χ1n) is 11.2. The minimum atomic E-state index is -0.494. The minimum Gasteiger partial charge on any atom is -0.508 e. The van der Waals surface area contributed by atoms with Crippen LogP contribution < -0.4 is 11.1 Å². The summed E-state index contributed by atoms with van der Waals surface area (Å²) in [4.78, 5) is 27.5. The molecule has 0 spiro atoms. The molecule has 1 heterocycles. The summed E-state index contributed by atoms with van der Waals surface area (Å²) < 4.78 is 6.69. The second kappa shape index (κ2) is 8.05. The van der Waals surface area contributed by atoms with Crippen LogP contribution in [0.25, 0.3) is 0 Å². The SMILES string of the molecule is NC(=O)C12CC3CC(C1)C(NC(=O)C1CN(Cc4ccc(O)cc4Br)CCO1)C(C3)C2. The van der Waals surface area contributed by atoms with Crippen LogP contribution in [0.15, 0.2) is 22.7 Å². The van der Waals surface area contributed by atoms with E-state index < -0.39 is 6.10 Å². The second-order valence-corrected chi connectivity index (χ2v) is 10.9. The van der Waals surface area contributed by atoms with E-state index in [-0.39, 0.29) is 29.0 Å². The summed E-state index contributed by atoms with van der Waals surface area (Å²) in [5, 5.41) is 12.9. The molecule has 1 aromatic rings. The van der Waals surface area contributed by atoms with Crippen LogP contribution in [0.3, 0.4) is 0 Å². The zero-order valence-electron chi connectivity index (χ0n) is 17.6. The van der Waals surface area contributed by atoms with E-state index in [2.05, 4.69) is 26.1 Å². The van der Waals surface area contributed by atoms with Crippen molar-refractivity contribution < 1.29 is 19.4 Å². The molecule has 4 aliphatic carbocycles. The Hall–Kier alpha value is -1.64. The Morgan fingerprint density at radius 3 is 2.68 bits per heavy atom. The van der Waals surface area contributed by atoms with E-state index in [9.17, 15) is 14.7 Å². The molecule has 8 heteroatoms. The van der Waals surface area contributed by atoms with Gasteiger partial charge in [-0.25, -0.2) is 0 Å². The van der Waals surface area contributed by atoms with E-state index in [1.165, 1.54) is 0 Å². The largest absolute Gasteiger partial charge is 0.508 e. The molecule has 1 aliphatic heterocycles. The topological polar surface area (TPSA) is 105 Å². The highest BCUT2D eigenvalue weighted by Gasteiger charge is 2.58. The molecule has 4 N–H and O–H groups in total. The Bertz CT molecular complexity index is 878. The molecule has 2 amide bonds. The standard InChI is InChI=1S/C23H30BrN3O4/c24-18-7-17(28)2-1-14(18)11-27-3-4-31-19(12-27)21(29)26-20-15-5-13-6-16(20)10-23(8-13,9-15)22(25)30/h1-2,7,13,15-16,19-20,28H,3-6,8-12H2,(H2,25,30)(H,26,29). The first kappa shape index (κ1) is 21.2. The van der Waals surface area contributed by atoms with Gasteiger partial charge in [-0.1, -0.05) is 22.0 Å². The van der Waals surface area contributed by atoms with Crippen LogP contribution in [0.1, 0.15) is 37.7 Å². The average Bonchev–Trinajstić information content (AvgIpc) is 2.72. The minimum absolute atomic E-state index is 0.0416. The highest BCUT2D eigenvalue weighted by atomic mass is 79.9. The maximum absolute atomic E-state index is 13.1. The van der Waals surface area contributed by atoms with Crippen molar-refractivity contribution in [3.8, 4) is 5.75 Å². The predicted molar refractivity (Wildman–Crippen MR) is 118 cm³/mol. The number of morpholine rings is 1. The van der Waals surface area contributed by atoms with Gasteiger partial charge >= 0.3 is 0 Å². The lowest BCUT2D eigenvalue weighted by Gasteiger charge is -2.59. The van der Waals surface area contributed by atoms with Crippen molar-refractivity contribution in [1.82, 2.24) is 10.2 Å². The molecule has 5 fully saturated rings. The van der Waals surface area contributed by atoms with Crippen molar-refractivity contribution in [2.75, 3.05) is 19.7 Å². The molecule has 5 aliphatic rings. The summed E-state index contributed by atoms with van der Waals surface area (Å²) in [6.07, 6.45) is 4.24. The van der Waals surface area contributed by atoms with Crippen LogP contribution in [-0.2, 0) is 20.9 Å². The number of phenols is 1. The fourth-order valence-electron chi connectivity index (χ4n) is 6.73. The van der Waals surface area contributed by atoms with E-state index in [1.54, 1.807) is 12.1 Å². The van der Waals surface area contributed by atoms with Crippen molar-refractivity contribution in [3.63, 3.8) is 0 Å². The first-order valence-corrected chi connectivity index (χ1v) is 12.0. The monoisotopic (exact) mass is 491 g/mol. The van der Waals surface area contributed by atoms with Gasteiger partial charge in [0.1, 0.15) is 11.9 Å². The zero-order valence-corrected chi connectivity index (χ0v) is 19.1. The molecule has 6 rings (SSSR count). The van der Waals surface area contributed by atoms with Gasteiger partial charge in [-0.15, -0.1) is 0 Å². The van der Waals surface area contributed by atoms with E-state index in [0.29, 0.717) is 37.5 Å². The molecule has 0 aromatic heterocycles. The Morgan fingerprint density at radius 1 is 1.26 bits per heavy atom. The summed E-state index contributed by atoms with van der Waals surface area (Å²) in [7, 11) is 0. The van der Waals surface area contributed by atoms with Crippen LogP contribution in [0.5, 0.6) is 5.75 Å². The lowest BCUT2D eigenvalue weighted by molar-refractivity contribution is -0.151. The lowest BCUT2D eigenvalue weighted by atomic mass is 9.47. The Morgan fingerprint density at radius 2 is 2.00 bits per heavy atom. The van der Waals surface area contributed by atoms with Crippen molar-refractivity contribution in [2.45, 2.75) is 50.8 Å². The smallest absolute Gasteiger partial charge is 0.250 e. The van der Waals surface area contributed by atoms with Crippen molar-refractivity contribution in [3.05, 3.63) is 28.2 Å². The average molecular weight is 492 g/mol. The number of amides is 2. The van der Waals surface area contributed by atoms with Gasteiger partial charge in [-0.3, -0.25) is 14.5 Å². The summed E-state index contributed by atoms with van der Waals surface area (Å²) in [5.74, 6) is 1.29. The number of nitrogens with zero attached hydrogens (tertiary/aromatic N) is 1. The van der Waals surface area contributed by atoms with Crippen molar-refractivity contribution >= 4 is 27.7 Å². The van der Waals surface area contributed by atoms with Gasteiger partial charge in [0.2, 0.25) is 5.91 Å². The van der Waals surface area contributed by atoms with Crippen LogP contribution in [0.2, 0.25) is 0 Å². The first-order chi connectivity index (χ1) is 14.8. The summed E-state index contributed by atoms with van der Waals surface area (Å²) in [5.41, 5.74) is 6.51. The van der Waals surface area contributed by atoms with Gasteiger partial charge in [-0.2, -0.15) is 0 Å². The fourth-order valence-corrected chi connectivity index (χ4v) is 7.22. The number of halogens is 1. The third-order valence-corrected chi connectivity index (χ3v) is 8.72. The Balaban J connectivity index is 1.21. The fraction of sp³-hybridized carbons (Fsp3) is 0.652. The molecule has 4 bridgehead atoms. The Kier molecular flexibility index (Phi) is 5.51. The molecular formula is C23H30BrN3O4. The lowest BCUT2D eigenvalue weighted by Crippen LogP contribution is -2.63. The number of benzene rings is 1. The van der Waals surface area contributed by atoms with Gasteiger partial charge in [0.05, 0.1) is 6.61 Å². The summed E-state index contributed by atoms with van der Waals surface area (Å²) in [6, 6.07) is 5.38. The number of hydrogen-bond acceptors (Lipinski definition) is 5. The molecule has 4 saturated carbocycles. The molecule has 31 heavy (non-hydrogen) atoms. The van der Waals surface area contributed by atoms with Crippen LogP contribution in [0.4, 0.5) is 0 Å². The maximum Gasteiger partial charge on any atom is 0.250 e. The highest BCUT2D eigenvalue weighted by molar-refractivity contribution is 9.10. The van der Waals surface area contributed by atoms with Gasteiger partial charge in [0, 0.05) is 35.6 Å². The number of aromatic hydroxyl groups is 1. The van der Waals surface area contributed by atoms with Crippen molar-refractivity contribution in [2.24, 2.45) is 28.9 Å². The molecule has 0 radical (unpaired) electrons. The number of hydrogen-bond donors (Lipinski definition) is 3. The molecular weight excluding hydrogens is 462 g/mol. The Labute approximate surface area is 190 Å². The van der Waals surface area contributed by atoms with Gasteiger partial charge in [-0.05, 0) is 67.6 Å². The van der Waals surface area contributed by atoms with E-state index in [4.69, 9.17) is 10.5 Å². The molecule has 3 atom stereocenters. The third-order valence-electron chi connectivity index (χ3n) is 7.98. The van der Waals surface area contributed by atoms with Crippen molar-refractivity contribution in [1.29, 1.82) is 0 Å². The number of phenolic OH excluding ortho intramolecular Hbond substituents is 1. The predicted octanol–water partition coefficient (Wildman–Crippen LogP) is 2.15. The third kappa shape index (κ3) is 3.98. The van der Waals surface area contributed by atoms with Crippen LogP contribution in [0, 0.1) is 23.2 Å². The van der Waals surface area contributed by atoms with E-state index >= 15 is 0 Å². The quantitative estimate of drug-likeness (QED) is 0.585. The van der Waals surface area contributed by atoms with Gasteiger partial charge in [0.25, 0.3) is 5.91 Å². The molecule has 7 nitrogen and oxygen atoms in total. The van der Waals surface area contributed by atoms with Crippen LogP contribution >= 0.6 is 15.9 Å². The van der Waals surface area contributed by atoms with E-state index in [1.807, 2.05) is 6.07 Å². The van der Waals surface area contributed by atoms with Gasteiger partial charge < -0.3 is 20.9 Å². The van der Waals surface area contributed by atoms with E-state index in [0.717, 1.165) is 48.7 Å². The van der Waals surface area contributed by atoms with Crippen LogP contribution in [-0.4, -0.2) is 53.7 Å². The van der Waals surface area contributed by atoms with Gasteiger partial charge in [0.15, 0.2) is 0 Å². The number of nitrogens with two attached hydrogens (primary N) is 1. The number of rotatable bonds is 5. The molecule has 168 valence electrons. The molecule has 1 saturated heterocycles. The zero-order chi connectivity index (χ0) is 21.8. The summed E-state index contributed by atoms with van der Waals surface area (Å²) in [6.45, 7) is 2.49. The summed E-state index contributed by atoms with van der Waals surface area (Å²) >= 11 is 3.50. The molecule has 3 unspecified atom stereocenters. The normalized spacial score (nSPS) is 37.0.